The average molecular weight is 427 g/mol. The van der Waals surface area contributed by atoms with Crippen molar-refractivity contribution in [3.63, 3.8) is 0 Å². The quantitative estimate of drug-likeness (QED) is 0.235. The molecule has 6 heteroatoms. The second-order valence-corrected chi connectivity index (χ2v) is 10.5. The van der Waals surface area contributed by atoms with E-state index in [1.165, 1.54) is 21.2 Å². The van der Waals surface area contributed by atoms with Crippen molar-refractivity contribution in [2.24, 2.45) is 0 Å². The first-order valence-electron chi connectivity index (χ1n) is 9.52. The minimum atomic E-state index is -6.00. The van der Waals surface area contributed by atoms with E-state index in [9.17, 15) is 17.3 Å². The molecule has 0 saturated heterocycles. The van der Waals surface area contributed by atoms with Crippen LogP contribution < -0.4 is 21.2 Å². The number of hydrogen-bond donors (Lipinski definition) is 0. The maximum atomic E-state index is 9.75. The van der Waals surface area contributed by atoms with E-state index in [2.05, 4.69) is 121 Å². The number of rotatable bonds is 4. The molecule has 0 spiro atoms. The van der Waals surface area contributed by atoms with E-state index in [1.807, 2.05) is 0 Å². The summed E-state index contributed by atoms with van der Waals surface area (Å²) in [6.07, 6.45) is 0. The summed E-state index contributed by atoms with van der Waals surface area (Å²) in [5.41, 5.74) is 0. The Morgan fingerprint density at radius 3 is 0.700 bits per heavy atom. The standard InChI is InChI=1S/C24H21P.BF4/c1-5-13-21(14-6-1)25(22-15-7-2-8-16-22,23-17-9-3-10-18-23)24-19-11-4-12-20-24;2-1(3,4)5/h1-20,25H;/q;-1. The normalized spacial score (nSPS) is 11.9. The molecule has 30 heavy (non-hydrogen) atoms. The summed E-state index contributed by atoms with van der Waals surface area (Å²) in [4.78, 5) is 0. The molecule has 0 unspecified atom stereocenters. The summed E-state index contributed by atoms with van der Waals surface area (Å²) in [5.74, 6) is 0. The summed E-state index contributed by atoms with van der Waals surface area (Å²) in [5, 5.41) is 5.66. The first kappa shape index (κ1) is 21.8. The predicted octanol–water partition coefficient (Wildman–Crippen LogP) is 5.34. The van der Waals surface area contributed by atoms with Crippen LogP contribution in [0.3, 0.4) is 0 Å². The van der Waals surface area contributed by atoms with Crippen molar-refractivity contribution in [1.82, 2.24) is 0 Å². The van der Waals surface area contributed by atoms with E-state index in [0.29, 0.717) is 0 Å². The first-order chi connectivity index (χ1) is 14.4. The van der Waals surface area contributed by atoms with Crippen molar-refractivity contribution < 1.29 is 17.3 Å². The third kappa shape index (κ3) is 5.17. The molecule has 0 N–H and O–H groups in total. The molecular formula is C24H21BF4P-. The van der Waals surface area contributed by atoms with Gasteiger partial charge in [0.1, 0.15) is 0 Å². The molecule has 4 rings (SSSR count). The molecule has 0 radical (unpaired) electrons. The summed E-state index contributed by atoms with van der Waals surface area (Å²) in [7, 11) is -8.30. The van der Waals surface area contributed by atoms with Crippen molar-refractivity contribution >= 4 is 35.7 Å². The van der Waals surface area contributed by atoms with Crippen molar-refractivity contribution in [3.8, 4) is 0 Å². The van der Waals surface area contributed by atoms with E-state index in [0.717, 1.165) is 0 Å². The zero-order chi connectivity index (χ0) is 21.5. The Bertz CT molecular complexity index is 855. The minimum absolute atomic E-state index is 1.42. The van der Waals surface area contributed by atoms with Crippen LogP contribution in [0.1, 0.15) is 0 Å². The Morgan fingerprint density at radius 2 is 0.533 bits per heavy atom. The van der Waals surface area contributed by atoms with Gasteiger partial charge in [0.2, 0.25) is 0 Å². The van der Waals surface area contributed by atoms with E-state index < -0.39 is 14.5 Å². The topological polar surface area (TPSA) is 0 Å². The molecule has 0 saturated carbocycles. The Kier molecular flexibility index (Phi) is 7.07. The zero-order valence-electron chi connectivity index (χ0n) is 16.1. The number of hydrogen-bond acceptors (Lipinski definition) is 0. The fourth-order valence-corrected chi connectivity index (χ4v) is 8.52. The van der Waals surface area contributed by atoms with Gasteiger partial charge in [-0.15, -0.1) is 0 Å². The Balaban J connectivity index is 0.000000461. The van der Waals surface area contributed by atoms with E-state index in [1.54, 1.807) is 0 Å². The van der Waals surface area contributed by atoms with Gasteiger partial charge >= 0.3 is 157 Å². The van der Waals surface area contributed by atoms with Gasteiger partial charge in [0.15, 0.2) is 0 Å². The first-order valence-corrected chi connectivity index (χ1v) is 11.5. The predicted molar refractivity (Wildman–Crippen MR) is 123 cm³/mol. The molecule has 0 heterocycles. The van der Waals surface area contributed by atoms with Gasteiger partial charge in [0.25, 0.3) is 0 Å². The molecular weight excluding hydrogens is 406 g/mol. The average Bonchev–Trinajstić information content (AvgIpc) is 2.76. The van der Waals surface area contributed by atoms with Gasteiger partial charge in [0.05, 0.1) is 0 Å². The second kappa shape index (κ2) is 9.73. The molecule has 0 aliphatic heterocycles. The molecule has 0 bridgehead atoms. The Morgan fingerprint density at radius 1 is 0.367 bits per heavy atom. The van der Waals surface area contributed by atoms with Crippen LogP contribution in [0, 0.1) is 0 Å². The van der Waals surface area contributed by atoms with E-state index in [-0.39, 0.29) is 0 Å². The molecule has 0 amide bonds. The fraction of sp³-hybridized carbons (Fsp3) is 0. The van der Waals surface area contributed by atoms with E-state index >= 15 is 0 Å². The monoisotopic (exact) mass is 427 g/mol. The van der Waals surface area contributed by atoms with Crippen molar-refractivity contribution in [1.29, 1.82) is 0 Å². The number of halogens is 4. The summed E-state index contributed by atoms with van der Waals surface area (Å²) in [6, 6.07) is 44.0. The van der Waals surface area contributed by atoms with Gasteiger partial charge in [0, 0.05) is 0 Å². The second-order valence-electron chi connectivity index (χ2n) is 6.71. The molecule has 0 aliphatic rings. The summed E-state index contributed by atoms with van der Waals surface area (Å²) in [6.45, 7) is 0. The van der Waals surface area contributed by atoms with Crippen molar-refractivity contribution in [2.75, 3.05) is 0 Å². The van der Waals surface area contributed by atoms with Gasteiger partial charge < -0.3 is 17.3 Å². The fourth-order valence-electron chi connectivity index (χ4n) is 3.75. The molecule has 4 aromatic carbocycles. The third-order valence-corrected chi connectivity index (χ3v) is 9.62. The molecule has 0 nitrogen and oxygen atoms in total. The van der Waals surface area contributed by atoms with Crippen molar-refractivity contribution in [3.05, 3.63) is 121 Å². The zero-order valence-corrected chi connectivity index (χ0v) is 17.1. The van der Waals surface area contributed by atoms with Gasteiger partial charge in [-0.25, -0.2) is 0 Å². The van der Waals surface area contributed by atoms with Crippen molar-refractivity contribution in [2.45, 2.75) is 0 Å². The molecule has 0 fully saturated rings. The Labute approximate surface area is 174 Å². The van der Waals surface area contributed by atoms with Gasteiger partial charge in [-0.2, -0.15) is 0 Å². The molecule has 0 aromatic heterocycles. The molecule has 154 valence electrons. The van der Waals surface area contributed by atoms with E-state index in [4.69, 9.17) is 0 Å². The van der Waals surface area contributed by atoms with Crippen LogP contribution in [0.2, 0.25) is 0 Å². The van der Waals surface area contributed by atoms with Crippen LogP contribution in [-0.2, 0) is 0 Å². The van der Waals surface area contributed by atoms with Crippen LogP contribution >= 0.6 is 7.26 Å². The van der Waals surface area contributed by atoms with Crippen LogP contribution in [0.5, 0.6) is 0 Å². The maximum absolute atomic E-state index is 9.75. The third-order valence-electron chi connectivity index (χ3n) is 4.83. The molecule has 4 aromatic rings. The van der Waals surface area contributed by atoms with Crippen LogP contribution in [-0.4, -0.2) is 7.25 Å². The van der Waals surface area contributed by atoms with Gasteiger partial charge in [-0.05, 0) is 0 Å². The summed E-state index contributed by atoms with van der Waals surface area (Å²) >= 11 is 0. The SMILES string of the molecule is F[B-](F)(F)F.c1ccc([PH](c2ccccc2)(c2ccccc2)c2ccccc2)cc1. The van der Waals surface area contributed by atoms with Crippen LogP contribution in [0.4, 0.5) is 17.3 Å². The molecule has 0 atom stereocenters. The molecule has 0 aliphatic carbocycles. The van der Waals surface area contributed by atoms with Crippen LogP contribution in [0.25, 0.3) is 0 Å². The summed E-state index contributed by atoms with van der Waals surface area (Å²) < 4.78 is 39.0. The Hall–Kier alpha value is -2.91. The van der Waals surface area contributed by atoms with Gasteiger partial charge in [-0.3, -0.25) is 0 Å². The van der Waals surface area contributed by atoms with Crippen LogP contribution in [0.15, 0.2) is 121 Å². The van der Waals surface area contributed by atoms with Gasteiger partial charge in [-0.1, -0.05) is 0 Å². The number of benzene rings is 4.